The van der Waals surface area contributed by atoms with Crippen LogP contribution in [0.5, 0.6) is 0 Å². The van der Waals surface area contributed by atoms with Gasteiger partial charge >= 0.3 is 11.9 Å². The van der Waals surface area contributed by atoms with E-state index in [-0.39, 0.29) is 15.6 Å². The highest BCUT2D eigenvalue weighted by atomic mass is 35.5. The van der Waals surface area contributed by atoms with Gasteiger partial charge in [-0.3, -0.25) is 14.4 Å². The molecule has 0 heterocycles. The molecule has 1 amide bonds. The molecule has 21 heavy (non-hydrogen) atoms. The lowest BCUT2D eigenvalue weighted by atomic mass is 10.2. The van der Waals surface area contributed by atoms with Crippen molar-refractivity contribution in [3.05, 3.63) is 33.8 Å². The van der Waals surface area contributed by atoms with Crippen molar-refractivity contribution in [2.45, 2.75) is 0 Å². The van der Waals surface area contributed by atoms with Crippen molar-refractivity contribution in [2.75, 3.05) is 27.3 Å². The van der Waals surface area contributed by atoms with Crippen molar-refractivity contribution in [3.8, 4) is 0 Å². The molecule has 0 aliphatic carbocycles. The van der Waals surface area contributed by atoms with Gasteiger partial charge < -0.3 is 14.4 Å². The molecular formula is C13H13Cl2NO5. The molecule has 114 valence electrons. The minimum absolute atomic E-state index is 0.153. The standard InChI is InChI=1S/C13H13Cl2NO5/c1-20-11(17)6-16(7-12(18)21-2)13(19)8-3-9(14)5-10(15)4-8/h3-5H,6-7H2,1-2H3. The molecule has 8 heteroatoms. The van der Waals surface area contributed by atoms with Crippen LogP contribution in [0.1, 0.15) is 10.4 Å². The fraction of sp³-hybridized carbons (Fsp3) is 0.308. The Hall–Kier alpha value is -1.79. The van der Waals surface area contributed by atoms with E-state index >= 15 is 0 Å². The fourth-order valence-electron chi connectivity index (χ4n) is 1.50. The molecule has 0 bridgehead atoms. The number of hydrogen-bond acceptors (Lipinski definition) is 5. The first-order valence-electron chi connectivity index (χ1n) is 5.76. The van der Waals surface area contributed by atoms with E-state index in [4.69, 9.17) is 23.2 Å². The van der Waals surface area contributed by atoms with E-state index in [9.17, 15) is 14.4 Å². The highest BCUT2D eigenvalue weighted by Gasteiger charge is 2.22. The molecular weight excluding hydrogens is 321 g/mol. The van der Waals surface area contributed by atoms with Crippen molar-refractivity contribution in [1.82, 2.24) is 4.90 Å². The number of halogens is 2. The summed E-state index contributed by atoms with van der Waals surface area (Å²) in [6.45, 7) is -0.789. The highest BCUT2D eigenvalue weighted by Crippen LogP contribution is 2.20. The maximum Gasteiger partial charge on any atom is 0.325 e. The van der Waals surface area contributed by atoms with Crippen LogP contribution in [0.2, 0.25) is 10.0 Å². The van der Waals surface area contributed by atoms with Gasteiger partial charge in [-0.2, -0.15) is 0 Å². The van der Waals surface area contributed by atoms with E-state index in [1.165, 1.54) is 32.4 Å². The monoisotopic (exact) mass is 333 g/mol. The van der Waals surface area contributed by atoms with Gasteiger partial charge in [-0.1, -0.05) is 23.2 Å². The number of ether oxygens (including phenoxy) is 2. The van der Waals surface area contributed by atoms with Gasteiger partial charge in [-0.05, 0) is 18.2 Å². The smallest absolute Gasteiger partial charge is 0.325 e. The van der Waals surface area contributed by atoms with E-state index in [0.717, 1.165) is 4.90 Å². The molecule has 0 saturated heterocycles. The normalized spacial score (nSPS) is 9.90. The summed E-state index contributed by atoms with van der Waals surface area (Å²) in [4.78, 5) is 36.0. The Kier molecular flexibility index (Phi) is 6.45. The van der Waals surface area contributed by atoms with Gasteiger partial charge in [0.25, 0.3) is 5.91 Å². The van der Waals surface area contributed by atoms with E-state index < -0.39 is 30.9 Å². The van der Waals surface area contributed by atoms with Crippen molar-refractivity contribution >= 4 is 41.0 Å². The van der Waals surface area contributed by atoms with Crippen LogP contribution in [0, 0.1) is 0 Å². The number of amides is 1. The lowest BCUT2D eigenvalue weighted by Crippen LogP contribution is -2.40. The number of esters is 2. The maximum atomic E-state index is 12.3. The summed E-state index contributed by atoms with van der Waals surface area (Å²) in [5, 5.41) is 0.531. The van der Waals surface area contributed by atoms with Crippen molar-refractivity contribution in [3.63, 3.8) is 0 Å². The molecule has 6 nitrogen and oxygen atoms in total. The fourth-order valence-corrected chi connectivity index (χ4v) is 2.03. The van der Waals surface area contributed by atoms with Crippen LogP contribution in [0.25, 0.3) is 0 Å². The summed E-state index contributed by atoms with van der Waals surface area (Å²) in [5.41, 5.74) is 0.153. The molecule has 0 aromatic heterocycles. The Labute approximate surface area is 131 Å². The first kappa shape index (κ1) is 17.3. The second-order valence-electron chi connectivity index (χ2n) is 3.97. The number of nitrogens with zero attached hydrogens (tertiary/aromatic N) is 1. The summed E-state index contributed by atoms with van der Waals surface area (Å²) in [6.07, 6.45) is 0. The molecule has 0 spiro atoms. The minimum atomic E-state index is -0.666. The molecule has 1 aromatic rings. The Bertz CT molecular complexity index is 523. The predicted octanol–water partition coefficient (Wildman–Crippen LogP) is 1.78. The van der Waals surface area contributed by atoms with Gasteiger partial charge in [0.1, 0.15) is 13.1 Å². The first-order valence-corrected chi connectivity index (χ1v) is 6.52. The lowest BCUT2D eigenvalue weighted by Gasteiger charge is -2.20. The third-order valence-corrected chi connectivity index (χ3v) is 2.93. The number of carbonyl (C=O) groups excluding carboxylic acids is 3. The summed E-state index contributed by atoms with van der Waals surface area (Å²) in [5.74, 6) is -1.92. The van der Waals surface area contributed by atoms with Crippen LogP contribution in [-0.4, -0.2) is 50.1 Å². The predicted molar refractivity (Wildman–Crippen MR) is 76.4 cm³/mol. The molecule has 0 atom stereocenters. The quantitative estimate of drug-likeness (QED) is 0.768. The van der Waals surface area contributed by atoms with Gasteiger partial charge in [-0.15, -0.1) is 0 Å². The average Bonchev–Trinajstić information content (AvgIpc) is 2.44. The van der Waals surface area contributed by atoms with Crippen LogP contribution < -0.4 is 0 Å². The van der Waals surface area contributed by atoms with E-state index in [1.54, 1.807) is 0 Å². The Morgan fingerprint density at radius 1 is 0.952 bits per heavy atom. The zero-order chi connectivity index (χ0) is 16.0. The van der Waals surface area contributed by atoms with Gasteiger partial charge in [0.15, 0.2) is 0 Å². The summed E-state index contributed by atoms with van der Waals surface area (Å²) < 4.78 is 8.98. The van der Waals surface area contributed by atoms with Gasteiger partial charge in [-0.25, -0.2) is 0 Å². The van der Waals surface area contributed by atoms with Crippen LogP contribution in [0.15, 0.2) is 18.2 Å². The van der Waals surface area contributed by atoms with Gasteiger partial charge in [0, 0.05) is 15.6 Å². The van der Waals surface area contributed by atoms with E-state index in [0.29, 0.717) is 0 Å². The third kappa shape index (κ3) is 5.24. The number of rotatable bonds is 5. The summed E-state index contributed by atoms with van der Waals surface area (Å²) in [6, 6.07) is 4.24. The molecule has 1 aromatic carbocycles. The summed E-state index contributed by atoms with van der Waals surface area (Å²) >= 11 is 11.7. The van der Waals surface area contributed by atoms with Crippen LogP contribution in [-0.2, 0) is 19.1 Å². The van der Waals surface area contributed by atoms with Crippen LogP contribution >= 0.6 is 23.2 Å². The second kappa shape index (κ2) is 7.85. The topological polar surface area (TPSA) is 72.9 Å². The molecule has 0 aliphatic rings. The van der Waals surface area contributed by atoms with Gasteiger partial charge in [0.05, 0.1) is 14.2 Å². The van der Waals surface area contributed by atoms with E-state index in [2.05, 4.69) is 9.47 Å². The number of methoxy groups -OCH3 is 2. The number of carbonyl (C=O) groups is 3. The molecule has 0 saturated carbocycles. The first-order chi connectivity index (χ1) is 9.87. The second-order valence-corrected chi connectivity index (χ2v) is 4.84. The molecule has 0 radical (unpaired) electrons. The van der Waals surface area contributed by atoms with Gasteiger partial charge in [0.2, 0.25) is 0 Å². The average molecular weight is 334 g/mol. The highest BCUT2D eigenvalue weighted by molar-refractivity contribution is 6.35. The minimum Gasteiger partial charge on any atom is -0.468 e. The molecule has 1 rings (SSSR count). The van der Waals surface area contributed by atoms with Crippen molar-refractivity contribution in [1.29, 1.82) is 0 Å². The van der Waals surface area contributed by atoms with Crippen molar-refractivity contribution in [2.24, 2.45) is 0 Å². The zero-order valence-electron chi connectivity index (χ0n) is 11.4. The molecule has 0 unspecified atom stereocenters. The number of benzene rings is 1. The third-order valence-electron chi connectivity index (χ3n) is 2.49. The summed E-state index contributed by atoms with van der Waals surface area (Å²) in [7, 11) is 2.36. The van der Waals surface area contributed by atoms with Crippen LogP contribution in [0.4, 0.5) is 0 Å². The lowest BCUT2D eigenvalue weighted by molar-refractivity contribution is -0.144. The number of hydrogen-bond donors (Lipinski definition) is 0. The Morgan fingerprint density at radius 3 is 1.76 bits per heavy atom. The largest absolute Gasteiger partial charge is 0.468 e. The molecule has 0 N–H and O–H groups in total. The zero-order valence-corrected chi connectivity index (χ0v) is 12.9. The SMILES string of the molecule is COC(=O)CN(CC(=O)OC)C(=O)c1cc(Cl)cc(Cl)c1. The molecule has 0 fully saturated rings. The van der Waals surface area contributed by atoms with Crippen LogP contribution in [0.3, 0.4) is 0 Å². The molecule has 0 aliphatic heterocycles. The maximum absolute atomic E-state index is 12.3. The van der Waals surface area contributed by atoms with Crippen molar-refractivity contribution < 1.29 is 23.9 Å². The Balaban J connectivity index is 3.02. The Morgan fingerprint density at radius 2 is 1.38 bits per heavy atom. The van der Waals surface area contributed by atoms with E-state index in [1.807, 2.05) is 0 Å².